The van der Waals surface area contributed by atoms with Gasteiger partial charge in [-0.15, -0.1) is 0 Å². The summed E-state index contributed by atoms with van der Waals surface area (Å²) in [6.45, 7) is 9.49. The van der Waals surface area contributed by atoms with Crippen LogP contribution in [-0.4, -0.2) is 47.5 Å². The van der Waals surface area contributed by atoms with E-state index in [1.54, 1.807) is 11.1 Å². The van der Waals surface area contributed by atoms with E-state index in [0.29, 0.717) is 11.9 Å². The van der Waals surface area contributed by atoms with Gasteiger partial charge in [0, 0.05) is 38.1 Å². The normalized spacial score (nSPS) is 14.7. The number of aryl methyl sites for hydroxylation is 1. The van der Waals surface area contributed by atoms with E-state index in [0.717, 1.165) is 44.1 Å². The van der Waals surface area contributed by atoms with Gasteiger partial charge in [0.1, 0.15) is 5.82 Å². The number of para-hydroxylation sites is 1. The maximum Gasteiger partial charge on any atom is 0.229 e. The molecule has 0 atom stereocenters. The van der Waals surface area contributed by atoms with E-state index in [9.17, 15) is 4.79 Å². The number of hydrogen-bond donors (Lipinski definition) is 1. The summed E-state index contributed by atoms with van der Waals surface area (Å²) in [7, 11) is 0. The van der Waals surface area contributed by atoms with Crippen LogP contribution in [0.3, 0.4) is 0 Å². The second-order valence-corrected chi connectivity index (χ2v) is 6.69. The van der Waals surface area contributed by atoms with Gasteiger partial charge >= 0.3 is 0 Å². The summed E-state index contributed by atoms with van der Waals surface area (Å²) in [6, 6.07) is 8.24. The predicted molar refractivity (Wildman–Crippen MR) is 100 cm³/mol. The smallest absolute Gasteiger partial charge is 0.229 e. The Bertz CT molecular complexity index is 738. The first-order chi connectivity index (χ1) is 12.1. The van der Waals surface area contributed by atoms with Gasteiger partial charge < -0.3 is 15.1 Å². The summed E-state index contributed by atoms with van der Waals surface area (Å²) in [5, 5.41) is 3.41. The summed E-state index contributed by atoms with van der Waals surface area (Å²) in [5.41, 5.74) is 3.52. The highest BCUT2D eigenvalue weighted by Crippen LogP contribution is 2.29. The van der Waals surface area contributed by atoms with Crippen LogP contribution in [0, 0.1) is 6.92 Å². The molecule has 1 amide bonds. The average Bonchev–Trinajstić information content (AvgIpc) is 2.63. The Labute approximate surface area is 148 Å². The molecule has 0 aliphatic carbocycles. The molecule has 0 unspecified atom stereocenters. The maximum absolute atomic E-state index is 10.9. The molecule has 0 saturated carbocycles. The fraction of sp³-hybridized carbons (Fsp3) is 0.421. The zero-order chi connectivity index (χ0) is 17.8. The Kier molecular flexibility index (Phi) is 5.16. The van der Waals surface area contributed by atoms with Crippen LogP contribution >= 0.6 is 0 Å². The zero-order valence-corrected chi connectivity index (χ0v) is 15.1. The number of benzene rings is 1. The second kappa shape index (κ2) is 7.51. The van der Waals surface area contributed by atoms with Crippen LogP contribution < -0.4 is 10.2 Å². The lowest BCUT2D eigenvalue weighted by Crippen LogP contribution is -2.46. The molecule has 6 nitrogen and oxygen atoms in total. The first-order valence-corrected chi connectivity index (χ1v) is 8.72. The molecule has 1 aromatic heterocycles. The van der Waals surface area contributed by atoms with Crippen molar-refractivity contribution in [3.8, 4) is 0 Å². The molecule has 1 aliphatic rings. The fourth-order valence-corrected chi connectivity index (χ4v) is 3.10. The van der Waals surface area contributed by atoms with Crippen molar-refractivity contribution in [2.75, 3.05) is 36.4 Å². The molecule has 1 aliphatic heterocycles. The molecule has 0 spiro atoms. The van der Waals surface area contributed by atoms with Gasteiger partial charge in [0.05, 0.1) is 0 Å². The third-order valence-corrected chi connectivity index (χ3v) is 4.59. The van der Waals surface area contributed by atoms with E-state index in [4.69, 9.17) is 0 Å². The number of rotatable bonds is 5. The van der Waals surface area contributed by atoms with E-state index in [1.807, 2.05) is 6.07 Å². The Morgan fingerprint density at radius 2 is 1.92 bits per heavy atom. The Balaban J connectivity index is 1.80. The summed E-state index contributed by atoms with van der Waals surface area (Å²) >= 11 is 0. The highest BCUT2D eigenvalue weighted by molar-refractivity contribution is 5.64. The molecule has 1 N–H and O–H groups in total. The van der Waals surface area contributed by atoms with Gasteiger partial charge in [-0.2, -0.15) is 4.98 Å². The quantitative estimate of drug-likeness (QED) is 0.849. The SMILES string of the molecule is Cc1cccc(C(C)C)c1Nc1nccc(N2CCN(C=O)CC2)n1. The van der Waals surface area contributed by atoms with Crippen LogP contribution in [-0.2, 0) is 4.79 Å². The van der Waals surface area contributed by atoms with Crippen molar-refractivity contribution in [2.24, 2.45) is 0 Å². The predicted octanol–water partition coefficient (Wildman–Crippen LogP) is 2.93. The van der Waals surface area contributed by atoms with Crippen LogP contribution in [0.1, 0.15) is 30.9 Å². The van der Waals surface area contributed by atoms with E-state index < -0.39 is 0 Å². The van der Waals surface area contributed by atoms with Gasteiger partial charge in [0.2, 0.25) is 12.4 Å². The number of aromatic nitrogens is 2. The van der Waals surface area contributed by atoms with Crippen molar-refractivity contribution in [1.29, 1.82) is 0 Å². The number of amides is 1. The molecular weight excluding hydrogens is 314 g/mol. The van der Waals surface area contributed by atoms with Crippen LogP contribution in [0.4, 0.5) is 17.5 Å². The molecule has 0 bridgehead atoms. The van der Waals surface area contributed by atoms with E-state index in [1.165, 1.54) is 11.1 Å². The summed E-state index contributed by atoms with van der Waals surface area (Å²) in [4.78, 5) is 23.9. The van der Waals surface area contributed by atoms with Gasteiger partial charge in [-0.1, -0.05) is 32.0 Å². The number of piperazine rings is 1. The van der Waals surface area contributed by atoms with Crippen LogP contribution in [0.15, 0.2) is 30.5 Å². The van der Waals surface area contributed by atoms with Crippen molar-refractivity contribution < 1.29 is 4.79 Å². The lowest BCUT2D eigenvalue weighted by Gasteiger charge is -2.33. The standard InChI is InChI=1S/C19H25N5O/c1-14(2)16-6-4-5-15(3)18(16)22-19-20-8-7-17(21-19)24-11-9-23(13-25)10-12-24/h4-8,13-14H,9-12H2,1-3H3,(H,20,21,22). The minimum Gasteiger partial charge on any atom is -0.353 e. The van der Waals surface area contributed by atoms with Crippen LogP contribution in [0.25, 0.3) is 0 Å². The molecule has 2 heterocycles. The molecule has 0 radical (unpaired) electrons. The van der Waals surface area contributed by atoms with Gasteiger partial charge in [0.15, 0.2) is 0 Å². The third kappa shape index (κ3) is 3.90. The maximum atomic E-state index is 10.9. The molecule has 6 heteroatoms. The van der Waals surface area contributed by atoms with E-state index in [-0.39, 0.29) is 0 Å². The number of hydrogen-bond acceptors (Lipinski definition) is 5. The Morgan fingerprint density at radius 1 is 1.16 bits per heavy atom. The van der Waals surface area contributed by atoms with Crippen molar-refractivity contribution in [3.63, 3.8) is 0 Å². The van der Waals surface area contributed by atoms with Crippen molar-refractivity contribution >= 4 is 23.9 Å². The number of anilines is 3. The first-order valence-electron chi connectivity index (χ1n) is 8.72. The molecule has 1 aromatic carbocycles. The van der Waals surface area contributed by atoms with E-state index >= 15 is 0 Å². The molecule has 1 fully saturated rings. The largest absolute Gasteiger partial charge is 0.353 e. The minimum atomic E-state index is 0.419. The van der Waals surface area contributed by atoms with Gasteiger partial charge in [0.25, 0.3) is 0 Å². The Hall–Kier alpha value is -2.63. The summed E-state index contributed by atoms with van der Waals surface area (Å²) in [6.07, 6.45) is 2.69. The monoisotopic (exact) mass is 339 g/mol. The molecule has 3 rings (SSSR count). The topological polar surface area (TPSA) is 61.4 Å². The summed E-state index contributed by atoms with van der Waals surface area (Å²) in [5.74, 6) is 1.91. The average molecular weight is 339 g/mol. The van der Waals surface area contributed by atoms with Crippen LogP contribution in [0.5, 0.6) is 0 Å². The van der Waals surface area contributed by atoms with Gasteiger partial charge in [-0.05, 0) is 30.0 Å². The third-order valence-electron chi connectivity index (χ3n) is 4.59. The van der Waals surface area contributed by atoms with Crippen molar-refractivity contribution in [2.45, 2.75) is 26.7 Å². The molecule has 1 saturated heterocycles. The molecule has 132 valence electrons. The number of nitrogens with one attached hydrogen (secondary N) is 1. The first kappa shape index (κ1) is 17.2. The zero-order valence-electron chi connectivity index (χ0n) is 15.1. The highest BCUT2D eigenvalue weighted by atomic mass is 16.1. The number of nitrogens with zero attached hydrogens (tertiary/aromatic N) is 4. The van der Waals surface area contributed by atoms with Crippen molar-refractivity contribution in [1.82, 2.24) is 14.9 Å². The Morgan fingerprint density at radius 3 is 2.60 bits per heavy atom. The van der Waals surface area contributed by atoms with Gasteiger partial charge in [-0.25, -0.2) is 4.98 Å². The number of carbonyl (C=O) groups is 1. The minimum absolute atomic E-state index is 0.419. The number of carbonyl (C=O) groups excluding carboxylic acids is 1. The molecular formula is C19H25N5O. The lowest BCUT2D eigenvalue weighted by molar-refractivity contribution is -0.118. The van der Waals surface area contributed by atoms with Gasteiger partial charge in [-0.3, -0.25) is 4.79 Å². The van der Waals surface area contributed by atoms with Crippen molar-refractivity contribution in [3.05, 3.63) is 41.6 Å². The van der Waals surface area contributed by atoms with E-state index in [2.05, 4.69) is 59.2 Å². The fourth-order valence-electron chi connectivity index (χ4n) is 3.10. The summed E-state index contributed by atoms with van der Waals surface area (Å²) < 4.78 is 0. The molecule has 25 heavy (non-hydrogen) atoms. The highest BCUT2D eigenvalue weighted by Gasteiger charge is 2.17. The molecule has 2 aromatic rings. The lowest BCUT2D eigenvalue weighted by atomic mass is 9.98. The van der Waals surface area contributed by atoms with Crippen LogP contribution in [0.2, 0.25) is 0 Å². The second-order valence-electron chi connectivity index (χ2n) is 6.69.